The van der Waals surface area contributed by atoms with E-state index in [1.807, 2.05) is 32.0 Å². The van der Waals surface area contributed by atoms with E-state index in [0.717, 1.165) is 30.9 Å². The van der Waals surface area contributed by atoms with Crippen molar-refractivity contribution in [3.05, 3.63) is 41.7 Å². The molecule has 27 heavy (non-hydrogen) atoms. The van der Waals surface area contributed by atoms with E-state index in [9.17, 15) is 4.79 Å². The number of hydrogen-bond acceptors (Lipinski definition) is 6. The normalized spacial score (nSPS) is 10.7. The van der Waals surface area contributed by atoms with Crippen molar-refractivity contribution >= 4 is 23.2 Å². The predicted molar refractivity (Wildman–Crippen MR) is 111 cm³/mol. The van der Waals surface area contributed by atoms with Gasteiger partial charge in [0.15, 0.2) is 0 Å². The first-order chi connectivity index (χ1) is 12.9. The first-order valence-corrected chi connectivity index (χ1v) is 9.33. The van der Waals surface area contributed by atoms with E-state index in [4.69, 9.17) is 0 Å². The van der Waals surface area contributed by atoms with Crippen LogP contribution in [0.25, 0.3) is 0 Å². The van der Waals surface area contributed by atoms with Crippen LogP contribution in [0.5, 0.6) is 0 Å². The molecule has 1 amide bonds. The maximum atomic E-state index is 12.2. The second-order valence-corrected chi connectivity index (χ2v) is 6.62. The van der Waals surface area contributed by atoms with Gasteiger partial charge in [-0.05, 0) is 64.7 Å². The summed E-state index contributed by atoms with van der Waals surface area (Å²) in [5.74, 6) is 0.213. The lowest BCUT2D eigenvalue weighted by Crippen LogP contribution is -2.31. The molecule has 0 aliphatic heterocycles. The first-order valence-electron chi connectivity index (χ1n) is 9.33. The third-order valence-electron chi connectivity index (χ3n) is 4.32. The van der Waals surface area contributed by atoms with Gasteiger partial charge in [0, 0.05) is 43.8 Å². The van der Waals surface area contributed by atoms with E-state index < -0.39 is 0 Å². The number of carbonyl (C=O) groups excluding carboxylic acids is 1. The highest BCUT2D eigenvalue weighted by atomic mass is 16.1. The molecule has 2 rings (SSSR count). The number of rotatable bonds is 9. The zero-order valence-corrected chi connectivity index (χ0v) is 16.9. The Morgan fingerprint density at radius 3 is 2.52 bits per heavy atom. The summed E-state index contributed by atoms with van der Waals surface area (Å²) in [6.45, 7) is 9.63. The van der Waals surface area contributed by atoms with Crippen LogP contribution in [-0.4, -0.2) is 61.0 Å². The van der Waals surface area contributed by atoms with Crippen molar-refractivity contribution in [2.45, 2.75) is 20.8 Å². The van der Waals surface area contributed by atoms with Gasteiger partial charge >= 0.3 is 0 Å². The molecular weight excluding hydrogens is 340 g/mol. The van der Waals surface area contributed by atoms with Crippen LogP contribution in [0.2, 0.25) is 0 Å². The number of aromatic nitrogens is 2. The Bertz CT molecular complexity index is 758. The third kappa shape index (κ3) is 5.92. The molecule has 0 saturated carbocycles. The summed E-state index contributed by atoms with van der Waals surface area (Å²) in [6, 6.07) is 7.87. The number of carbonyl (C=O) groups is 1. The molecule has 0 aliphatic carbocycles. The largest absolute Gasteiger partial charge is 0.372 e. The van der Waals surface area contributed by atoms with Gasteiger partial charge in [-0.15, -0.1) is 0 Å². The molecule has 2 aromatic rings. The molecule has 0 unspecified atom stereocenters. The van der Waals surface area contributed by atoms with E-state index >= 15 is 0 Å². The van der Waals surface area contributed by atoms with Gasteiger partial charge in [0.25, 0.3) is 5.91 Å². The maximum Gasteiger partial charge on any atom is 0.270 e. The minimum Gasteiger partial charge on any atom is -0.372 e. The van der Waals surface area contributed by atoms with E-state index in [-0.39, 0.29) is 5.91 Å². The second-order valence-electron chi connectivity index (χ2n) is 6.62. The maximum absolute atomic E-state index is 12.2. The molecular formula is C20H30N6O. The average molecular weight is 371 g/mol. The van der Waals surface area contributed by atoms with Gasteiger partial charge in [-0.1, -0.05) is 0 Å². The van der Waals surface area contributed by atoms with Crippen LogP contribution in [-0.2, 0) is 0 Å². The summed E-state index contributed by atoms with van der Waals surface area (Å²) >= 11 is 0. The minimum atomic E-state index is -0.198. The van der Waals surface area contributed by atoms with Crippen molar-refractivity contribution in [2.24, 2.45) is 0 Å². The van der Waals surface area contributed by atoms with Crippen molar-refractivity contribution < 1.29 is 4.79 Å². The summed E-state index contributed by atoms with van der Waals surface area (Å²) in [4.78, 5) is 25.1. The number of nitrogens with one attached hydrogen (secondary N) is 2. The van der Waals surface area contributed by atoms with Crippen molar-refractivity contribution in [2.75, 3.05) is 50.5 Å². The highest BCUT2D eigenvalue weighted by molar-refractivity contribution is 5.92. The van der Waals surface area contributed by atoms with Crippen LogP contribution in [0.15, 0.2) is 30.5 Å². The zero-order valence-electron chi connectivity index (χ0n) is 16.9. The van der Waals surface area contributed by atoms with Crippen molar-refractivity contribution in [1.29, 1.82) is 0 Å². The number of nitrogens with zero attached hydrogens (tertiary/aromatic N) is 4. The van der Waals surface area contributed by atoms with Crippen LogP contribution in [0.1, 0.15) is 29.9 Å². The molecule has 1 heterocycles. The molecule has 1 aromatic carbocycles. The zero-order chi connectivity index (χ0) is 19.8. The first kappa shape index (κ1) is 20.6. The van der Waals surface area contributed by atoms with Gasteiger partial charge in [0.2, 0.25) is 5.95 Å². The fourth-order valence-electron chi connectivity index (χ4n) is 2.72. The van der Waals surface area contributed by atoms with Gasteiger partial charge in [-0.3, -0.25) is 4.79 Å². The van der Waals surface area contributed by atoms with Crippen molar-refractivity contribution in [3.8, 4) is 0 Å². The fourth-order valence-corrected chi connectivity index (χ4v) is 2.72. The van der Waals surface area contributed by atoms with E-state index in [2.05, 4.69) is 51.5 Å². The SMILES string of the molecule is CCN(CC)c1ccc(Nc2nccc(C(=O)NCCN(C)C)n2)c(C)c1. The Kier molecular flexibility index (Phi) is 7.55. The summed E-state index contributed by atoms with van der Waals surface area (Å²) in [5.41, 5.74) is 3.57. The molecule has 0 fully saturated rings. The van der Waals surface area contributed by atoms with Crippen LogP contribution >= 0.6 is 0 Å². The predicted octanol–water partition coefficient (Wildman–Crippen LogP) is 2.67. The Balaban J connectivity index is 2.08. The molecule has 2 N–H and O–H groups in total. The number of amides is 1. The average Bonchev–Trinajstić information content (AvgIpc) is 2.64. The summed E-state index contributed by atoms with van der Waals surface area (Å²) in [5, 5.41) is 6.08. The summed E-state index contributed by atoms with van der Waals surface area (Å²) < 4.78 is 0. The standard InChI is InChI=1S/C20H30N6O/c1-6-26(7-2)16-8-9-17(15(3)14-16)23-20-22-11-10-18(24-20)19(27)21-12-13-25(4)5/h8-11,14H,6-7,12-13H2,1-5H3,(H,21,27)(H,22,23,24). The van der Waals surface area contributed by atoms with E-state index in [1.165, 1.54) is 5.69 Å². The summed E-state index contributed by atoms with van der Waals surface area (Å²) in [7, 11) is 3.93. The van der Waals surface area contributed by atoms with Crippen LogP contribution < -0.4 is 15.5 Å². The summed E-state index contributed by atoms with van der Waals surface area (Å²) in [6.07, 6.45) is 1.59. The Morgan fingerprint density at radius 1 is 1.15 bits per heavy atom. The van der Waals surface area contributed by atoms with Gasteiger partial charge < -0.3 is 20.4 Å². The lowest BCUT2D eigenvalue weighted by molar-refractivity contribution is 0.0946. The number of aryl methyl sites for hydroxylation is 1. The highest BCUT2D eigenvalue weighted by Gasteiger charge is 2.10. The quantitative estimate of drug-likeness (QED) is 0.707. The lowest BCUT2D eigenvalue weighted by Gasteiger charge is -2.22. The monoisotopic (exact) mass is 370 g/mol. The molecule has 0 bridgehead atoms. The van der Waals surface area contributed by atoms with Crippen LogP contribution in [0, 0.1) is 6.92 Å². The fraction of sp³-hybridized carbons (Fsp3) is 0.450. The smallest absolute Gasteiger partial charge is 0.270 e. The molecule has 146 valence electrons. The number of hydrogen-bond donors (Lipinski definition) is 2. The van der Waals surface area contributed by atoms with Gasteiger partial charge in [-0.25, -0.2) is 9.97 Å². The Hall–Kier alpha value is -2.67. The van der Waals surface area contributed by atoms with Gasteiger partial charge in [0.1, 0.15) is 5.69 Å². The molecule has 0 spiro atoms. The molecule has 7 heteroatoms. The molecule has 7 nitrogen and oxygen atoms in total. The topological polar surface area (TPSA) is 73.4 Å². The second kappa shape index (κ2) is 9.87. The van der Waals surface area contributed by atoms with Gasteiger partial charge in [-0.2, -0.15) is 0 Å². The lowest BCUT2D eigenvalue weighted by atomic mass is 10.1. The van der Waals surface area contributed by atoms with Crippen LogP contribution in [0.4, 0.5) is 17.3 Å². The highest BCUT2D eigenvalue weighted by Crippen LogP contribution is 2.24. The van der Waals surface area contributed by atoms with Crippen molar-refractivity contribution in [1.82, 2.24) is 20.2 Å². The number of benzene rings is 1. The van der Waals surface area contributed by atoms with Crippen molar-refractivity contribution in [3.63, 3.8) is 0 Å². The third-order valence-corrected chi connectivity index (χ3v) is 4.32. The molecule has 0 saturated heterocycles. The molecule has 0 radical (unpaired) electrons. The van der Waals surface area contributed by atoms with Crippen LogP contribution in [0.3, 0.4) is 0 Å². The Morgan fingerprint density at radius 2 is 1.89 bits per heavy atom. The number of anilines is 3. The number of likely N-dealkylation sites (N-methyl/N-ethyl adjacent to an activating group) is 1. The molecule has 0 atom stereocenters. The van der Waals surface area contributed by atoms with E-state index in [0.29, 0.717) is 18.2 Å². The molecule has 1 aromatic heterocycles. The molecule has 0 aliphatic rings. The van der Waals surface area contributed by atoms with E-state index in [1.54, 1.807) is 12.3 Å². The minimum absolute atomic E-state index is 0.198. The van der Waals surface area contributed by atoms with Gasteiger partial charge in [0.05, 0.1) is 0 Å². The Labute approximate surface area is 161 Å².